The van der Waals surface area contributed by atoms with Crippen LogP contribution in [0.3, 0.4) is 0 Å². The van der Waals surface area contributed by atoms with Crippen molar-refractivity contribution in [3.63, 3.8) is 0 Å². The molecule has 0 fully saturated rings. The van der Waals surface area contributed by atoms with E-state index in [0.29, 0.717) is 34.9 Å². The Bertz CT molecular complexity index is 865. The van der Waals surface area contributed by atoms with Gasteiger partial charge in [-0.05, 0) is 39.5 Å². The topological polar surface area (TPSA) is 64.6 Å². The van der Waals surface area contributed by atoms with Crippen LogP contribution in [0.2, 0.25) is 0 Å². The number of ether oxygens (including phenoxy) is 2. The van der Waals surface area contributed by atoms with E-state index in [1.807, 2.05) is 32.0 Å². The predicted molar refractivity (Wildman–Crippen MR) is 96.5 cm³/mol. The van der Waals surface area contributed by atoms with E-state index in [9.17, 15) is 8.42 Å². The Hall–Kier alpha value is -1.73. The highest BCUT2D eigenvalue weighted by atomic mass is 79.9. The summed E-state index contributed by atoms with van der Waals surface area (Å²) in [6.45, 7) is 4.89. The second kappa shape index (κ2) is 6.64. The second-order valence-corrected chi connectivity index (χ2v) is 8.28. The molecule has 1 heterocycles. The van der Waals surface area contributed by atoms with Crippen LogP contribution >= 0.6 is 15.9 Å². The van der Waals surface area contributed by atoms with Crippen LogP contribution in [-0.4, -0.2) is 21.6 Å². The molecule has 1 aliphatic rings. The SMILES string of the molecule is CC(C)c1ccccc1NS(=O)(=O)c1cc2c(cc1Br)OCCO2. The van der Waals surface area contributed by atoms with Gasteiger partial charge in [0.2, 0.25) is 0 Å². The molecule has 0 bridgehead atoms. The molecular weight excluding hydrogens is 394 g/mol. The van der Waals surface area contributed by atoms with Crippen LogP contribution in [0.15, 0.2) is 45.8 Å². The van der Waals surface area contributed by atoms with Crippen LogP contribution in [-0.2, 0) is 10.0 Å². The zero-order valence-electron chi connectivity index (χ0n) is 13.4. The molecule has 0 unspecified atom stereocenters. The lowest BCUT2D eigenvalue weighted by Gasteiger charge is -2.20. The number of benzene rings is 2. The van der Waals surface area contributed by atoms with Gasteiger partial charge in [0.15, 0.2) is 11.5 Å². The number of hydrogen-bond acceptors (Lipinski definition) is 4. The van der Waals surface area contributed by atoms with Gasteiger partial charge >= 0.3 is 0 Å². The van der Waals surface area contributed by atoms with E-state index < -0.39 is 10.0 Å². The van der Waals surface area contributed by atoms with Gasteiger partial charge in [0.05, 0.1) is 5.69 Å². The Labute approximate surface area is 150 Å². The highest BCUT2D eigenvalue weighted by molar-refractivity contribution is 9.10. The highest BCUT2D eigenvalue weighted by Gasteiger charge is 2.24. The van der Waals surface area contributed by atoms with Crippen LogP contribution in [0.5, 0.6) is 11.5 Å². The summed E-state index contributed by atoms with van der Waals surface area (Å²) in [5, 5.41) is 0. The zero-order valence-corrected chi connectivity index (χ0v) is 15.8. The first-order valence-corrected chi connectivity index (χ1v) is 9.87. The van der Waals surface area contributed by atoms with Crippen molar-refractivity contribution in [2.45, 2.75) is 24.7 Å². The first-order chi connectivity index (χ1) is 11.4. The third-order valence-corrected chi connectivity index (χ3v) is 6.04. The van der Waals surface area contributed by atoms with Gasteiger partial charge in [-0.2, -0.15) is 0 Å². The van der Waals surface area contributed by atoms with Gasteiger partial charge in [-0.1, -0.05) is 32.0 Å². The average molecular weight is 412 g/mol. The monoisotopic (exact) mass is 411 g/mol. The summed E-state index contributed by atoms with van der Waals surface area (Å²) in [5.74, 6) is 1.17. The molecule has 24 heavy (non-hydrogen) atoms. The van der Waals surface area contributed by atoms with Crippen molar-refractivity contribution in [3.05, 3.63) is 46.4 Å². The Balaban J connectivity index is 2.00. The lowest BCUT2D eigenvalue weighted by atomic mass is 10.0. The molecule has 1 N–H and O–H groups in total. The molecule has 0 atom stereocenters. The molecule has 3 rings (SSSR count). The molecule has 5 nitrogen and oxygen atoms in total. The number of hydrogen-bond donors (Lipinski definition) is 1. The summed E-state index contributed by atoms with van der Waals surface area (Å²) >= 11 is 3.32. The first kappa shape index (κ1) is 17.1. The standard InChI is InChI=1S/C17H18BrNO4S/c1-11(2)12-5-3-4-6-14(12)19-24(20,21)17-10-16-15(9-13(17)18)22-7-8-23-16/h3-6,9-11,19H,7-8H2,1-2H3. The van der Waals surface area contributed by atoms with E-state index in [0.717, 1.165) is 5.56 Å². The largest absolute Gasteiger partial charge is 0.486 e. The number of para-hydroxylation sites is 1. The van der Waals surface area contributed by atoms with Gasteiger partial charge in [-0.3, -0.25) is 4.72 Å². The summed E-state index contributed by atoms with van der Waals surface area (Å²) in [4.78, 5) is 0.116. The molecule has 2 aromatic rings. The van der Waals surface area contributed by atoms with E-state index in [1.165, 1.54) is 6.07 Å². The Morgan fingerprint density at radius 3 is 2.38 bits per heavy atom. The minimum absolute atomic E-state index is 0.116. The molecule has 0 amide bonds. The van der Waals surface area contributed by atoms with E-state index in [4.69, 9.17) is 9.47 Å². The summed E-state index contributed by atoms with van der Waals surface area (Å²) in [6, 6.07) is 10.5. The second-order valence-electron chi connectivity index (χ2n) is 5.77. The molecule has 7 heteroatoms. The van der Waals surface area contributed by atoms with Crippen LogP contribution in [0, 0.1) is 0 Å². The van der Waals surface area contributed by atoms with Crippen molar-refractivity contribution in [2.24, 2.45) is 0 Å². The summed E-state index contributed by atoms with van der Waals surface area (Å²) in [7, 11) is -3.77. The van der Waals surface area contributed by atoms with Crippen molar-refractivity contribution < 1.29 is 17.9 Å². The highest BCUT2D eigenvalue weighted by Crippen LogP contribution is 2.38. The Morgan fingerprint density at radius 1 is 1.08 bits per heavy atom. The van der Waals surface area contributed by atoms with Crippen molar-refractivity contribution in [1.29, 1.82) is 0 Å². The first-order valence-electron chi connectivity index (χ1n) is 7.59. The van der Waals surface area contributed by atoms with Gasteiger partial charge in [-0.15, -0.1) is 0 Å². The third-order valence-electron chi connectivity index (χ3n) is 3.71. The normalized spacial score (nSPS) is 13.8. The van der Waals surface area contributed by atoms with E-state index in [2.05, 4.69) is 20.7 Å². The van der Waals surface area contributed by atoms with Crippen molar-refractivity contribution in [1.82, 2.24) is 0 Å². The van der Waals surface area contributed by atoms with Gasteiger partial charge in [-0.25, -0.2) is 8.42 Å². The van der Waals surface area contributed by atoms with Gasteiger partial charge in [0, 0.05) is 10.5 Å². The molecule has 0 aromatic heterocycles. The molecule has 2 aromatic carbocycles. The van der Waals surface area contributed by atoms with E-state index in [1.54, 1.807) is 12.1 Å². The molecule has 0 spiro atoms. The van der Waals surface area contributed by atoms with Crippen LogP contribution in [0.1, 0.15) is 25.3 Å². The van der Waals surface area contributed by atoms with Gasteiger partial charge in [0.1, 0.15) is 18.1 Å². The van der Waals surface area contributed by atoms with Gasteiger partial charge < -0.3 is 9.47 Å². The number of anilines is 1. The number of sulfonamides is 1. The zero-order chi connectivity index (χ0) is 17.3. The Morgan fingerprint density at radius 2 is 1.71 bits per heavy atom. The van der Waals surface area contributed by atoms with Crippen molar-refractivity contribution in [2.75, 3.05) is 17.9 Å². The maximum absolute atomic E-state index is 12.8. The predicted octanol–water partition coefficient (Wildman–Crippen LogP) is 4.14. The van der Waals surface area contributed by atoms with Crippen LogP contribution in [0.4, 0.5) is 5.69 Å². The minimum atomic E-state index is -3.77. The number of rotatable bonds is 4. The molecule has 0 radical (unpaired) electrons. The third kappa shape index (κ3) is 3.37. The molecular formula is C17H18BrNO4S. The molecule has 0 aliphatic carbocycles. The lowest BCUT2D eigenvalue weighted by Crippen LogP contribution is -2.18. The maximum Gasteiger partial charge on any atom is 0.263 e. The van der Waals surface area contributed by atoms with Crippen LogP contribution in [0.25, 0.3) is 0 Å². The summed E-state index contributed by atoms with van der Waals surface area (Å²) < 4.78 is 39.8. The van der Waals surface area contributed by atoms with Gasteiger partial charge in [0.25, 0.3) is 10.0 Å². The molecule has 1 aliphatic heterocycles. The van der Waals surface area contributed by atoms with E-state index in [-0.39, 0.29) is 10.8 Å². The maximum atomic E-state index is 12.8. The minimum Gasteiger partial charge on any atom is -0.486 e. The van der Waals surface area contributed by atoms with Crippen molar-refractivity contribution >= 4 is 31.6 Å². The fourth-order valence-electron chi connectivity index (χ4n) is 2.54. The average Bonchev–Trinajstić information content (AvgIpc) is 2.54. The number of fused-ring (bicyclic) bond motifs is 1. The van der Waals surface area contributed by atoms with Crippen molar-refractivity contribution in [3.8, 4) is 11.5 Å². The number of nitrogens with one attached hydrogen (secondary N) is 1. The summed E-state index contributed by atoms with van der Waals surface area (Å²) in [5.41, 5.74) is 1.52. The molecule has 128 valence electrons. The smallest absolute Gasteiger partial charge is 0.263 e. The lowest BCUT2D eigenvalue weighted by molar-refractivity contribution is 0.171. The summed E-state index contributed by atoms with van der Waals surface area (Å²) in [6.07, 6.45) is 0. The molecule has 0 saturated carbocycles. The van der Waals surface area contributed by atoms with E-state index >= 15 is 0 Å². The Kier molecular flexibility index (Phi) is 4.73. The fraction of sp³-hybridized carbons (Fsp3) is 0.294. The molecule has 0 saturated heterocycles. The van der Waals surface area contributed by atoms with Crippen LogP contribution < -0.4 is 14.2 Å². The quantitative estimate of drug-likeness (QED) is 0.820. The fourth-order valence-corrected chi connectivity index (χ4v) is 4.67. The number of halogens is 1.